The molecule has 1 fully saturated rings. The minimum atomic E-state index is -0.204. The van der Waals surface area contributed by atoms with Crippen LogP contribution >= 0.6 is 11.6 Å². The number of halogens is 1. The molecule has 7 nitrogen and oxygen atoms in total. The minimum Gasteiger partial charge on any atom is -0.456 e. The van der Waals surface area contributed by atoms with Crippen LogP contribution in [0.25, 0.3) is 16.7 Å². The van der Waals surface area contributed by atoms with E-state index in [0.717, 1.165) is 11.1 Å². The van der Waals surface area contributed by atoms with Crippen LogP contribution in [0, 0.1) is 6.92 Å². The summed E-state index contributed by atoms with van der Waals surface area (Å²) in [6, 6.07) is 14.6. The molecule has 34 heavy (non-hydrogen) atoms. The molecule has 2 aromatic heterocycles. The summed E-state index contributed by atoms with van der Waals surface area (Å²) in [5.41, 5.74) is 2.97. The van der Waals surface area contributed by atoms with Crippen LogP contribution < -0.4 is 10.4 Å². The lowest BCUT2D eigenvalue weighted by atomic mass is 10.2. The summed E-state index contributed by atoms with van der Waals surface area (Å²) in [4.78, 5) is 31.6. The number of rotatable bonds is 5. The van der Waals surface area contributed by atoms with E-state index in [1.165, 1.54) is 6.08 Å². The number of likely N-dealkylation sites (tertiary alicyclic amines) is 1. The third-order valence-corrected chi connectivity index (χ3v) is 6.41. The Morgan fingerprint density at radius 2 is 1.97 bits per heavy atom. The highest BCUT2D eigenvalue weighted by Gasteiger charge is 2.30. The third-order valence-electron chi connectivity index (χ3n) is 6.11. The molecule has 0 radical (unpaired) electrons. The Balaban J connectivity index is 1.53. The number of hydrogen-bond donors (Lipinski definition) is 0. The number of carbonyl (C=O) groups excluding carboxylic acids is 1. The van der Waals surface area contributed by atoms with Crippen LogP contribution in [0.2, 0.25) is 5.02 Å². The number of nitrogens with zero attached hydrogens (tertiary/aromatic N) is 4. The van der Waals surface area contributed by atoms with E-state index in [4.69, 9.17) is 16.3 Å². The van der Waals surface area contributed by atoms with Crippen molar-refractivity contribution in [1.29, 1.82) is 0 Å². The summed E-state index contributed by atoms with van der Waals surface area (Å²) in [6.07, 6.45) is 5.32. The Bertz CT molecular complexity index is 1460. The first kappa shape index (κ1) is 22.0. The number of pyridine rings is 1. The maximum Gasteiger partial charge on any atom is 0.334 e. The largest absolute Gasteiger partial charge is 0.456 e. The van der Waals surface area contributed by atoms with Gasteiger partial charge in [-0.05, 0) is 55.8 Å². The highest BCUT2D eigenvalue weighted by Crippen LogP contribution is 2.32. The van der Waals surface area contributed by atoms with Crippen molar-refractivity contribution >= 4 is 28.5 Å². The zero-order valence-corrected chi connectivity index (χ0v) is 19.4. The summed E-state index contributed by atoms with van der Waals surface area (Å²) in [7, 11) is 0. The first-order chi connectivity index (χ1) is 16.5. The molecule has 0 aliphatic carbocycles. The highest BCUT2D eigenvalue weighted by molar-refractivity contribution is 6.32. The standard InChI is InChI=1S/C26H23ClN4O3/c1-3-25(32)29-13-11-19(16-29)31-22-10-12-28-15-23(22)30(26(31)33)18-6-9-24(21(27)14-18)34-20-7-4-17(2)5-8-20/h3-10,12,14-15,19H,1,11,13,16H2,2H3/t19-/m1/s1. The molecule has 172 valence electrons. The molecule has 3 heterocycles. The second-order valence-corrected chi connectivity index (χ2v) is 8.72. The average Bonchev–Trinajstić information content (AvgIpc) is 3.43. The summed E-state index contributed by atoms with van der Waals surface area (Å²) in [5, 5.41) is 0.387. The van der Waals surface area contributed by atoms with E-state index in [1.54, 1.807) is 44.6 Å². The van der Waals surface area contributed by atoms with Gasteiger partial charge in [0.15, 0.2) is 0 Å². The molecule has 0 bridgehead atoms. The van der Waals surface area contributed by atoms with E-state index in [0.29, 0.717) is 47.2 Å². The average molecular weight is 475 g/mol. The van der Waals surface area contributed by atoms with Crippen molar-refractivity contribution in [2.24, 2.45) is 0 Å². The first-order valence-corrected chi connectivity index (χ1v) is 11.4. The number of imidazole rings is 1. The molecule has 0 N–H and O–H groups in total. The summed E-state index contributed by atoms with van der Waals surface area (Å²) in [6.45, 7) is 6.61. The Morgan fingerprint density at radius 1 is 1.18 bits per heavy atom. The zero-order chi connectivity index (χ0) is 23.8. The molecule has 8 heteroatoms. The zero-order valence-electron chi connectivity index (χ0n) is 18.6. The lowest BCUT2D eigenvalue weighted by Crippen LogP contribution is -2.31. The molecular formula is C26H23ClN4O3. The van der Waals surface area contributed by atoms with E-state index in [1.807, 2.05) is 37.3 Å². The molecule has 5 rings (SSSR count). The number of hydrogen-bond acceptors (Lipinski definition) is 4. The quantitative estimate of drug-likeness (QED) is 0.386. The van der Waals surface area contributed by atoms with Crippen LogP contribution in [0.15, 0.2) is 78.4 Å². The lowest BCUT2D eigenvalue weighted by Gasteiger charge is -2.15. The Hall–Kier alpha value is -3.84. The van der Waals surface area contributed by atoms with Gasteiger partial charge in [0.1, 0.15) is 11.5 Å². The van der Waals surface area contributed by atoms with Gasteiger partial charge in [0, 0.05) is 19.3 Å². The van der Waals surface area contributed by atoms with Gasteiger partial charge in [0.25, 0.3) is 0 Å². The van der Waals surface area contributed by atoms with Gasteiger partial charge in [-0.1, -0.05) is 35.9 Å². The Labute approximate surface area is 201 Å². The van der Waals surface area contributed by atoms with Crippen molar-refractivity contribution in [2.45, 2.75) is 19.4 Å². The van der Waals surface area contributed by atoms with Crippen molar-refractivity contribution in [1.82, 2.24) is 19.0 Å². The van der Waals surface area contributed by atoms with Crippen LogP contribution in [0.1, 0.15) is 18.0 Å². The van der Waals surface area contributed by atoms with Gasteiger partial charge in [0.05, 0.1) is 34.0 Å². The number of aromatic nitrogens is 3. The number of ether oxygens (including phenoxy) is 1. The fraction of sp³-hybridized carbons (Fsp3) is 0.192. The predicted molar refractivity (Wildman–Crippen MR) is 132 cm³/mol. The van der Waals surface area contributed by atoms with Gasteiger partial charge in [-0.15, -0.1) is 0 Å². The van der Waals surface area contributed by atoms with Crippen LogP contribution in [0.3, 0.4) is 0 Å². The molecular weight excluding hydrogens is 452 g/mol. The van der Waals surface area contributed by atoms with E-state index >= 15 is 0 Å². The van der Waals surface area contributed by atoms with Gasteiger partial charge >= 0.3 is 5.69 Å². The highest BCUT2D eigenvalue weighted by atomic mass is 35.5. The number of amides is 1. The van der Waals surface area contributed by atoms with Crippen LogP contribution in [-0.2, 0) is 4.79 Å². The summed E-state index contributed by atoms with van der Waals surface area (Å²) >= 11 is 6.55. The predicted octanol–water partition coefficient (Wildman–Crippen LogP) is 4.90. The summed E-state index contributed by atoms with van der Waals surface area (Å²) < 4.78 is 9.27. The fourth-order valence-electron chi connectivity index (χ4n) is 4.40. The number of fused-ring (bicyclic) bond motifs is 1. The van der Waals surface area contributed by atoms with Crippen molar-refractivity contribution < 1.29 is 9.53 Å². The molecule has 1 amide bonds. The molecule has 1 saturated heterocycles. The van der Waals surface area contributed by atoms with Crippen molar-refractivity contribution in [3.8, 4) is 17.2 Å². The number of carbonyl (C=O) groups is 1. The molecule has 4 aromatic rings. The Kier molecular flexibility index (Phi) is 5.71. The molecule has 2 aromatic carbocycles. The topological polar surface area (TPSA) is 69.4 Å². The molecule has 1 aliphatic heterocycles. The maximum absolute atomic E-state index is 13.6. The molecule has 1 aliphatic rings. The molecule has 0 unspecified atom stereocenters. The van der Waals surface area contributed by atoms with Gasteiger partial charge in [-0.25, -0.2) is 4.79 Å². The summed E-state index contributed by atoms with van der Waals surface area (Å²) in [5.74, 6) is 1.05. The van der Waals surface area contributed by atoms with Crippen molar-refractivity contribution in [3.63, 3.8) is 0 Å². The second-order valence-electron chi connectivity index (χ2n) is 8.31. The van der Waals surface area contributed by atoms with Gasteiger partial charge in [-0.3, -0.25) is 18.9 Å². The SMILES string of the molecule is C=CC(=O)N1CC[C@@H](n2c(=O)n(-c3ccc(Oc4ccc(C)cc4)c(Cl)c3)c3cnccc32)C1. The second kappa shape index (κ2) is 8.83. The number of aryl methyl sites for hydroxylation is 1. The third kappa shape index (κ3) is 3.88. The monoisotopic (exact) mass is 474 g/mol. The van der Waals surface area contributed by atoms with E-state index in [9.17, 15) is 9.59 Å². The molecule has 0 saturated carbocycles. The fourth-order valence-corrected chi connectivity index (χ4v) is 4.61. The van der Waals surface area contributed by atoms with Crippen molar-refractivity contribution in [3.05, 3.63) is 94.6 Å². The molecule has 1 atom stereocenters. The van der Waals surface area contributed by atoms with Gasteiger partial charge in [-0.2, -0.15) is 0 Å². The van der Waals surface area contributed by atoms with Crippen LogP contribution in [-0.4, -0.2) is 38.0 Å². The van der Waals surface area contributed by atoms with Gasteiger partial charge in [0.2, 0.25) is 5.91 Å². The normalized spacial score (nSPS) is 15.6. The Morgan fingerprint density at radius 3 is 2.71 bits per heavy atom. The van der Waals surface area contributed by atoms with Crippen LogP contribution in [0.4, 0.5) is 0 Å². The first-order valence-electron chi connectivity index (χ1n) is 11.0. The van der Waals surface area contributed by atoms with Crippen molar-refractivity contribution in [2.75, 3.05) is 13.1 Å². The van der Waals surface area contributed by atoms with E-state index < -0.39 is 0 Å². The van der Waals surface area contributed by atoms with E-state index in [-0.39, 0.29) is 17.6 Å². The van der Waals surface area contributed by atoms with E-state index in [2.05, 4.69) is 11.6 Å². The lowest BCUT2D eigenvalue weighted by molar-refractivity contribution is -0.125. The number of benzene rings is 2. The smallest absolute Gasteiger partial charge is 0.334 e. The minimum absolute atomic E-state index is 0.128. The van der Waals surface area contributed by atoms with Crippen LogP contribution in [0.5, 0.6) is 11.5 Å². The van der Waals surface area contributed by atoms with Gasteiger partial charge < -0.3 is 9.64 Å². The maximum atomic E-state index is 13.6. The molecule has 0 spiro atoms.